The van der Waals surface area contributed by atoms with Gasteiger partial charge in [-0.25, -0.2) is 59.2 Å². The lowest BCUT2D eigenvalue weighted by molar-refractivity contribution is -0.227. The maximum atomic E-state index is 12.0. The number of benzene rings is 3. The second-order valence-corrected chi connectivity index (χ2v) is 31.0. The maximum Gasteiger partial charge on any atom is 0.320 e. The lowest BCUT2D eigenvalue weighted by Crippen LogP contribution is -2.32. The number of imidazole rings is 3. The average Bonchev–Trinajstić information content (AvgIpc) is 1.61. The van der Waals surface area contributed by atoms with Gasteiger partial charge in [-0.3, -0.25) is 34.2 Å². The molecule has 0 bridgehead atoms. The van der Waals surface area contributed by atoms with E-state index in [1.807, 2.05) is 109 Å². The number of nitrogens with one attached hydrogen (secondary N) is 6. The molecule has 6 aliphatic rings. The molecule has 600 valence electrons. The smallest absolute Gasteiger partial charge is 0.320 e. The third kappa shape index (κ3) is 20.0. The van der Waals surface area contributed by atoms with Crippen molar-refractivity contribution in [2.45, 2.75) is 120 Å². The van der Waals surface area contributed by atoms with Gasteiger partial charge in [-0.15, -0.1) is 0 Å². The number of carbonyl (C=O) groups excluding carboxylic acids is 3. The number of phosphoric ester groups is 1. The minimum atomic E-state index is -4.50. The summed E-state index contributed by atoms with van der Waals surface area (Å²) in [5.74, 6) is 0.681. The number of anilines is 3. The number of aromatic nitrogens is 12. The zero-order valence-electron chi connectivity index (χ0n) is 61.4. The van der Waals surface area contributed by atoms with Crippen molar-refractivity contribution in [1.29, 1.82) is 0 Å². The van der Waals surface area contributed by atoms with Gasteiger partial charge >= 0.3 is 18.1 Å². The first-order chi connectivity index (χ1) is 54.6. The predicted octanol–water partition coefficient (Wildman–Crippen LogP) is 5.99. The Kier molecular flexibility index (Phi) is 26.4. The van der Waals surface area contributed by atoms with Crippen LogP contribution < -0.4 is 46.6 Å². The third-order valence-corrected chi connectivity index (χ3v) is 20.7. The van der Waals surface area contributed by atoms with Gasteiger partial charge in [-0.1, -0.05) is 116 Å². The van der Waals surface area contributed by atoms with Crippen LogP contribution >= 0.6 is 23.0 Å². The molecule has 0 aliphatic carbocycles. The van der Waals surface area contributed by atoms with Crippen LogP contribution in [0.2, 0.25) is 0 Å². The molecular weight excluding hydrogens is 1540 g/mol. The number of amides is 6. The fourth-order valence-electron chi connectivity index (χ4n) is 12.7. The lowest BCUT2D eigenvalue weighted by Gasteiger charge is -2.25. The van der Waals surface area contributed by atoms with Crippen LogP contribution in [0.4, 0.5) is 31.8 Å². The summed E-state index contributed by atoms with van der Waals surface area (Å²) in [4.78, 5) is 110. The van der Waals surface area contributed by atoms with Crippen molar-refractivity contribution >= 4 is 110 Å². The summed E-state index contributed by atoms with van der Waals surface area (Å²) >= 11 is 0. The monoisotopic (exact) mass is 1620 g/mol. The highest BCUT2D eigenvalue weighted by Gasteiger charge is 2.56. The third-order valence-electron chi connectivity index (χ3n) is 17.9. The number of nitrogens with zero attached hydrogens (tertiary/aromatic N) is 12. The van der Waals surface area contributed by atoms with E-state index in [2.05, 4.69) is 81.3 Å². The Morgan fingerprint density at radius 3 is 1.04 bits per heavy atom. The standard InChI is InChI=1S/C24H29N6O7P.C23H27N6O8P.C23H27N6O7P/c1-3-25-24(31)29-21-18-22(27-13-26-21)30(14-28-18)23-20-19(16(35-23)12-34-38(32,33)4-2)36-17(37-20)11-10-15-8-6-5-7-9-15;1-3-24-23(30)28-20-17-21(26-12-25-20)29(13-27-17)22-19-18(15(35-22)11-34-38(31,32)33-2)36-16(37-19)10-9-14-7-5-4-6-8-14;1-3-24-23(30)28-20-17-21(26-12-25-20)29(13-27-17)22-19-18(15(34-22)11-33-37(2,31)32)35-16(36-19)10-9-14-7-5-4-6-8-14/h5-11,13-14,16-17,19-20,23H,3-4,12H2,1-2H3,(H,32,33)(H2,25,26,27,29,31);4-10,12-13,15-16,18-19,22H,3,11H2,1-2H3,(H,31,32)(H2,24,25,26,28,30);4-10,12-13,15-16,18-19,22H,3,11H2,1-2H3,(H,31,32)(H2,24,25,26,28,30)/p-3/b11-10+;2*10-9+/t16-,17+,19?,20+,23-;2*15-,16+,18?,19+,22-/m111/s1. The fraction of sp³-hybridized carbons (Fsp3) is 0.400. The second-order valence-electron chi connectivity index (χ2n) is 25.5. The summed E-state index contributed by atoms with van der Waals surface area (Å²) in [6.07, 6.45) is 8.72. The molecule has 6 fully saturated rings. The SMILES string of the molecule is CCNC(=O)Nc1ncnc2c1ncn2[C@@H]1O[C@H](COP(=O)([O-])CC)C2O[C@H](/C=C/c3ccccc3)O[C@@H]21.CCNC(=O)Nc1ncnc2c1ncn2[C@@H]1O[C@H](COP(=O)([O-])OC)C2O[C@H](/C=C/c3ccccc3)O[C@@H]21.CCNC(=O)Nc1ncnc2c1ncn2[C@@H]1O[C@H](COP(C)(=O)[O-])C2O[C@H](/C=C/c3ccccc3)O[C@@H]21. The molecule has 0 spiro atoms. The van der Waals surface area contributed by atoms with E-state index in [9.17, 15) is 42.8 Å². The van der Waals surface area contributed by atoms with Gasteiger partial charge in [0.05, 0.1) is 38.8 Å². The highest BCUT2D eigenvalue weighted by molar-refractivity contribution is 7.51. The van der Waals surface area contributed by atoms with Gasteiger partial charge in [0.25, 0.3) is 7.82 Å². The van der Waals surface area contributed by atoms with Crippen LogP contribution in [0.3, 0.4) is 0 Å². The Morgan fingerprint density at radius 2 is 0.743 bits per heavy atom. The molecule has 6 saturated heterocycles. The van der Waals surface area contributed by atoms with Crippen molar-refractivity contribution < 1.29 is 103 Å². The Hall–Kier alpha value is -9.61. The molecule has 12 heterocycles. The van der Waals surface area contributed by atoms with Gasteiger partial charge in [-0.2, -0.15) is 0 Å². The zero-order valence-corrected chi connectivity index (χ0v) is 64.1. The van der Waals surface area contributed by atoms with Crippen LogP contribution in [0.5, 0.6) is 0 Å². The van der Waals surface area contributed by atoms with Crippen molar-refractivity contribution in [2.75, 3.05) is 75.3 Å². The number of hydrogen-bond donors (Lipinski definition) is 6. The lowest BCUT2D eigenvalue weighted by atomic mass is 10.1. The topological polar surface area (TPSA) is 495 Å². The number of phosphoric acid groups is 1. The molecule has 6 amide bonds. The normalized spacial score (nSPS) is 26.6. The number of carbonyl (C=O) groups is 3. The van der Waals surface area contributed by atoms with Crippen molar-refractivity contribution in [3.05, 3.63) is 164 Å². The van der Waals surface area contributed by atoms with Crippen molar-refractivity contribution in [1.82, 2.24) is 74.5 Å². The summed E-state index contributed by atoms with van der Waals surface area (Å²) in [5.41, 5.74) is 5.11. The van der Waals surface area contributed by atoms with Crippen LogP contribution in [0, 0.1) is 0 Å². The molecule has 0 saturated carbocycles. The van der Waals surface area contributed by atoms with E-state index in [4.69, 9.17) is 56.2 Å². The van der Waals surface area contributed by atoms with Gasteiger partial charge in [0.1, 0.15) is 89.1 Å². The molecule has 0 radical (unpaired) electrons. The average molecular weight is 1620 g/mol. The summed E-state index contributed by atoms with van der Waals surface area (Å²) in [6.45, 7) is 8.42. The number of hydrogen-bond acceptors (Lipinski definition) is 31. The van der Waals surface area contributed by atoms with Crippen LogP contribution in [-0.2, 0) is 74.4 Å². The Labute approximate surface area is 645 Å². The first-order valence-electron chi connectivity index (χ1n) is 35.7. The van der Waals surface area contributed by atoms with E-state index in [1.54, 1.807) is 52.7 Å². The van der Waals surface area contributed by atoms with Crippen molar-refractivity contribution in [2.24, 2.45) is 0 Å². The van der Waals surface area contributed by atoms with E-state index < -0.39 is 134 Å². The first kappa shape index (κ1) is 81.4. The van der Waals surface area contributed by atoms with Crippen LogP contribution in [-0.4, -0.2) is 210 Å². The minimum absolute atomic E-state index is 0.137. The van der Waals surface area contributed by atoms with Crippen molar-refractivity contribution in [3.8, 4) is 0 Å². The van der Waals surface area contributed by atoms with Crippen molar-refractivity contribution in [3.63, 3.8) is 0 Å². The van der Waals surface area contributed by atoms with Crippen LogP contribution in [0.25, 0.3) is 51.7 Å². The maximum absolute atomic E-state index is 12.0. The minimum Gasteiger partial charge on any atom is -0.779 e. The van der Waals surface area contributed by atoms with Crippen LogP contribution in [0.15, 0.2) is 147 Å². The molecule has 6 N–H and O–H groups in total. The molecule has 15 rings (SSSR count). The van der Waals surface area contributed by atoms with E-state index in [0.717, 1.165) is 30.5 Å². The Morgan fingerprint density at radius 1 is 0.434 bits per heavy atom. The molecule has 9 aromatic rings. The first-order valence-corrected chi connectivity index (χ1v) is 40.9. The number of rotatable bonds is 26. The van der Waals surface area contributed by atoms with E-state index >= 15 is 0 Å². The molecular formula is C70H80N18O22P3-3. The molecule has 6 aliphatic heterocycles. The molecule has 3 aromatic carbocycles. The number of ether oxygens (including phenoxy) is 9. The number of fused-ring (bicyclic) bond motifs is 6. The van der Waals surface area contributed by atoms with Gasteiger partial charge in [0.15, 0.2) is 88.5 Å². The molecule has 43 heteroatoms. The Balaban J connectivity index is 0.000000148. The molecule has 40 nitrogen and oxygen atoms in total. The highest BCUT2D eigenvalue weighted by atomic mass is 31.2. The summed E-state index contributed by atoms with van der Waals surface area (Å²) < 4.78 is 115. The zero-order chi connectivity index (χ0) is 79.4. The molecule has 6 aromatic heterocycles. The second kappa shape index (κ2) is 36.7. The largest absolute Gasteiger partial charge is 0.779 e. The van der Waals surface area contributed by atoms with Gasteiger partial charge < -0.3 is 100 Å². The Bertz CT molecular complexity index is 4800. The number of urea groups is 3. The van der Waals surface area contributed by atoms with E-state index in [1.165, 1.54) is 44.9 Å². The predicted molar refractivity (Wildman–Crippen MR) is 397 cm³/mol. The highest BCUT2D eigenvalue weighted by Crippen LogP contribution is 2.47. The summed E-state index contributed by atoms with van der Waals surface area (Å²) in [5, 5.41) is 15.9. The van der Waals surface area contributed by atoms with E-state index in [-0.39, 0.29) is 43.4 Å². The van der Waals surface area contributed by atoms with Gasteiger partial charge in [0.2, 0.25) is 0 Å². The fourth-order valence-corrected chi connectivity index (χ4v) is 14.1. The summed E-state index contributed by atoms with van der Waals surface area (Å²) in [7, 11) is -11.5. The van der Waals surface area contributed by atoms with Gasteiger partial charge in [0, 0.05) is 39.6 Å². The van der Waals surface area contributed by atoms with Gasteiger partial charge in [-0.05, 0) is 55.7 Å². The molecule has 18 atom stereocenters. The van der Waals surface area contributed by atoms with E-state index in [0.29, 0.717) is 53.1 Å². The molecule has 113 heavy (non-hydrogen) atoms. The summed E-state index contributed by atoms with van der Waals surface area (Å²) in [6, 6.07) is 27.7. The molecule has 6 unspecified atom stereocenters. The quantitative estimate of drug-likeness (QED) is 0.0339. The van der Waals surface area contributed by atoms with Crippen LogP contribution in [0.1, 0.15) is 63.1 Å².